The van der Waals surface area contributed by atoms with Gasteiger partial charge < -0.3 is 9.99 Å². The zero-order valence-corrected chi connectivity index (χ0v) is 12.1. The molecule has 0 saturated heterocycles. The van der Waals surface area contributed by atoms with E-state index in [-0.39, 0.29) is 6.04 Å². The van der Waals surface area contributed by atoms with E-state index in [0.717, 1.165) is 35.4 Å². The topological polar surface area (TPSA) is 87.6 Å². The molecule has 2 N–H and O–H groups in total. The van der Waals surface area contributed by atoms with Crippen LogP contribution in [-0.2, 0) is 6.54 Å². The Morgan fingerprint density at radius 2 is 2.27 bits per heavy atom. The van der Waals surface area contributed by atoms with E-state index in [1.165, 1.54) is 0 Å². The minimum absolute atomic E-state index is 0.253. The summed E-state index contributed by atoms with van der Waals surface area (Å²) in [5.41, 5.74) is 6.36. The average molecular weight is 296 g/mol. The molecule has 8 nitrogen and oxygen atoms in total. The summed E-state index contributed by atoms with van der Waals surface area (Å²) in [6.45, 7) is 3.65. The van der Waals surface area contributed by atoms with Crippen LogP contribution in [0.5, 0.6) is 0 Å². The molecule has 0 amide bonds. The van der Waals surface area contributed by atoms with Crippen LogP contribution in [0.25, 0.3) is 16.6 Å². The van der Waals surface area contributed by atoms with Gasteiger partial charge in [-0.1, -0.05) is 0 Å². The van der Waals surface area contributed by atoms with Gasteiger partial charge in [0.05, 0.1) is 18.3 Å². The Morgan fingerprint density at radius 3 is 3.14 bits per heavy atom. The second-order valence-electron chi connectivity index (χ2n) is 5.33. The Morgan fingerprint density at radius 1 is 1.32 bits per heavy atom. The van der Waals surface area contributed by atoms with E-state index in [1.807, 2.05) is 16.9 Å². The first-order valence-corrected chi connectivity index (χ1v) is 7.14. The first kappa shape index (κ1) is 13.0. The minimum atomic E-state index is 0.253. The molecule has 8 heteroatoms. The molecule has 0 bridgehead atoms. The second-order valence-corrected chi connectivity index (χ2v) is 5.33. The molecule has 4 rings (SSSR count). The van der Waals surface area contributed by atoms with Crippen molar-refractivity contribution in [2.75, 3.05) is 6.54 Å². The molecule has 1 aliphatic heterocycles. The van der Waals surface area contributed by atoms with Gasteiger partial charge in [-0.25, -0.2) is 20.4 Å². The Hall–Kier alpha value is -2.74. The Balaban J connectivity index is 1.58. The fraction of sp³-hybridized carbons (Fsp3) is 0.286. The number of fused-ring (bicyclic) bond motifs is 1. The van der Waals surface area contributed by atoms with Crippen LogP contribution in [0, 0.1) is 0 Å². The van der Waals surface area contributed by atoms with Gasteiger partial charge in [0.1, 0.15) is 24.6 Å². The molecule has 22 heavy (non-hydrogen) atoms. The van der Waals surface area contributed by atoms with E-state index in [4.69, 9.17) is 0 Å². The molecule has 3 aromatic heterocycles. The lowest BCUT2D eigenvalue weighted by molar-refractivity contribution is 0.210. The van der Waals surface area contributed by atoms with Crippen LogP contribution < -0.4 is 5.43 Å². The van der Waals surface area contributed by atoms with Gasteiger partial charge in [0, 0.05) is 29.9 Å². The number of hydrazine groups is 1. The third-order valence-electron chi connectivity index (χ3n) is 3.80. The van der Waals surface area contributed by atoms with E-state index in [9.17, 15) is 0 Å². The Kier molecular flexibility index (Phi) is 3.08. The van der Waals surface area contributed by atoms with Crippen molar-refractivity contribution >= 4 is 16.6 Å². The van der Waals surface area contributed by atoms with Crippen LogP contribution in [0.4, 0.5) is 0 Å². The monoisotopic (exact) mass is 296 g/mol. The van der Waals surface area contributed by atoms with Crippen LogP contribution in [0.2, 0.25) is 0 Å². The molecular weight excluding hydrogens is 280 g/mol. The summed E-state index contributed by atoms with van der Waals surface area (Å²) in [4.78, 5) is 15.8. The van der Waals surface area contributed by atoms with Crippen LogP contribution >= 0.6 is 0 Å². The lowest BCUT2D eigenvalue weighted by atomic mass is 10.1. The number of aromatic nitrogens is 6. The summed E-state index contributed by atoms with van der Waals surface area (Å²) >= 11 is 0. The van der Waals surface area contributed by atoms with Crippen LogP contribution in [0.3, 0.4) is 0 Å². The van der Waals surface area contributed by atoms with Crippen LogP contribution in [0.1, 0.15) is 12.6 Å². The van der Waals surface area contributed by atoms with Gasteiger partial charge in [-0.3, -0.25) is 4.68 Å². The number of aromatic amines is 1. The highest BCUT2D eigenvalue weighted by atomic mass is 15.5. The van der Waals surface area contributed by atoms with Gasteiger partial charge in [0.15, 0.2) is 0 Å². The average Bonchev–Trinajstić information content (AvgIpc) is 3.27. The molecule has 0 aliphatic carbocycles. The van der Waals surface area contributed by atoms with Crippen molar-refractivity contribution in [2.24, 2.45) is 0 Å². The molecule has 112 valence electrons. The number of hydrogen-bond donors (Lipinski definition) is 2. The molecule has 0 radical (unpaired) electrons. The molecule has 1 atom stereocenters. The zero-order chi connectivity index (χ0) is 14.9. The SMILES string of the molecule is CC(Cn1cncn1)N1C=C(c2ncnc3[nH]ccc23)CN1. The van der Waals surface area contributed by atoms with Gasteiger partial charge in [0.2, 0.25) is 0 Å². The number of hydrogen-bond acceptors (Lipinski definition) is 6. The zero-order valence-electron chi connectivity index (χ0n) is 12.1. The maximum absolute atomic E-state index is 4.44. The summed E-state index contributed by atoms with van der Waals surface area (Å²) < 4.78 is 1.83. The fourth-order valence-corrected chi connectivity index (χ4v) is 2.68. The fourth-order valence-electron chi connectivity index (χ4n) is 2.68. The Bertz CT molecular complexity index is 803. The van der Waals surface area contributed by atoms with Crippen molar-refractivity contribution in [1.29, 1.82) is 0 Å². The predicted molar refractivity (Wildman–Crippen MR) is 81.2 cm³/mol. The van der Waals surface area contributed by atoms with Crippen molar-refractivity contribution < 1.29 is 0 Å². The lowest BCUT2D eigenvalue weighted by Gasteiger charge is -2.23. The van der Waals surface area contributed by atoms with Crippen molar-refractivity contribution in [3.63, 3.8) is 0 Å². The summed E-state index contributed by atoms with van der Waals surface area (Å²) in [5.74, 6) is 0. The van der Waals surface area contributed by atoms with Gasteiger partial charge >= 0.3 is 0 Å². The van der Waals surface area contributed by atoms with Gasteiger partial charge in [0.25, 0.3) is 0 Å². The second kappa shape index (κ2) is 5.23. The normalized spacial score (nSPS) is 16.2. The van der Waals surface area contributed by atoms with Gasteiger partial charge in [-0.2, -0.15) is 5.10 Å². The molecule has 0 aromatic carbocycles. The largest absolute Gasteiger partial charge is 0.346 e. The minimum Gasteiger partial charge on any atom is -0.346 e. The summed E-state index contributed by atoms with van der Waals surface area (Å²) in [5, 5.41) is 7.28. The molecular formula is C14H16N8. The van der Waals surface area contributed by atoms with E-state index in [0.29, 0.717) is 0 Å². The first-order valence-electron chi connectivity index (χ1n) is 7.14. The van der Waals surface area contributed by atoms with E-state index < -0.39 is 0 Å². The van der Waals surface area contributed by atoms with E-state index in [1.54, 1.807) is 19.0 Å². The summed E-state index contributed by atoms with van der Waals surface area (Å²) in [6, 6.07) is 2.26. The summed E-state index contributed by atoms with van der Waals surface area (Å²) in [7, 11) is 0. The smallest absolute Gasteiger partial charge is 0.141 e. The van der Waals surface area contributed by atoms with E-state index >= 15 is 0 Å². The maximum Gasteiger partial charge on any atom is 0.141 e. The third-order valence-corrected chi connectivity index (χ3v) is 3.80. The number of nitrogens with one attached hydrogen (secondary N) is 2. The molecule has 0 spiro atoms. The highest BCUT2D eigenvalue weighted by molar-refractivity contribution is 5.88. The molecule has 0 saturated carbocycles. The highest BCUT2D eigenvalue weighted by Gasteiger charge is 2.21. The lowest BCUT2D eigenvalue weighted by Crippen LogP contribution is -2.39. The summed E-state index contributed by atoms with van der Waals surface area (Å²) in [6.07, 6.45) is 8.86. The maximum atomic E-state index is 4.44. The van der Waals surface area contributed by atoms with Crippen molar-refractivity contribution in [3.8, 4) is 0 Å². The predicted octanol–water partition coefficient (Wildman–Crippen LogP) is 0.799. The standard InChI is InChI=1S/C14H16N8/c1-10(5-21-9-15-7-20-21)22-6-11(4-19-22)13-12-2-3-16-14(12)18-8-17-13/h2-3,6-10,19H,4-5H2,1H3,(H,16,17,18). The molecule has 0 fully saturated rings. The molecule has 3 aromatic rings. The first-order chi connectivity index (χ1) is 10.8. The molecule has 4 heterocycles. The third kappa shape index (κ3) is 2.23. The van der Waals surface area contributed by atoms with Crippen molar-refractivity contribution in [2.45, 2.75) is 19.5 Å². The van der Waals surface area contributed by atoms with Gasteiger partial charge in [-0.15, -0.1) is 0 Å². The number of H-pyrrole nitrogens is 1. The molecule has 1 unspecified atom stereocenters. The quantitative estimate of drug-likeness (QED) is 0.740. The highest BCUT2D eigenvalue weighted by Crippen LogP contribution is 2.24. The van der Waals surface area contributed by atoms with Crippen molar-refractivity contribution in [3.05, 3.63) is 43.1 Å². The number of rotatable bonds is 4. The van der Waals surface area contributed by atoms with Gasteiger partial charge in [-0.05, 0) is 13.0 Å². The van der Waals surface area contributed by atoms with E-state index in [2.05, 4.69) is 48.6 Å². The molecule has 1 aliphatic rings. The van der Waals surface area contributed by atoms with Crippen LogP contribution in [0.15, 0.2) is 37.4 Å². The number of nitrogens with zero attached hydrogens (tertiary/aromatic N) is 6. The van der Waals surface area contributed by atoms with Crippen molar-refractivity contribution in [1.82, 2.24) is 40.2 Å². The van der Waals surface area contributed by atoms with Crippen LogP contribution in [-0.4, -0.2) is 47.3 Å². The Labute approximate surface area is 126 Å².